The van der Waals surface area contributed by atoms with E-state index in [2.05, 4.69) is 59.1 Å². The topological polar surface area (TPSA) is 3.24 Å². The summed E-state index contributed by atoms with van der Waals surface area (Å²) in [5, 5.41) is 0. The van der Waals surface area contributed by atoms with Crippen molar-refractivity contribution < 1.29 is 0 Å². The van der Waals surface area contributed by atoms with Crippen LogP contribution in [0.15, 0.2) is 28.7 Å². The summed E-state index contributed by atoms with van der Waals surface area (Å²) < 4.78 is 1.17. The Balaban J connectivity index is 2.01. The van der Waals surface area contributed by atoms with Gasteiger partial charge in [0.15, 0.2) is 0 Å². The Bertz CT molecular complexity index is 325. The van der Waals surface area contributed by atoms with Gasteiger partial charge in [0.2, 0.25) is 0 Å². The molecule has 16 heavy (non-hydrogen) atoms. The molecule has 0 radical (unpaired) electrons. The Morgan fingerprint density at radius 3 is 2.31 bits per heavy atom. The second-order valence-corrected chi connectivity index (χ2v) is 5.90. The molecule has 2 rings (SSSR count). The lowest BCUT2D eigenvalue weighted by atomic mass is 9.81. The molecule has 0 amide bonds. The van der Waals surface area contributed by atoms with Crippen molar-refractivity contribution in [2.45, 2.75) is 25.7 Å². The van der Waals surface area contributed by atoms with Gasteiger partial charge >= 0.3 is 0 Å². The number of rotatable bonds is 2. The van der Waals surface area contributed by atoms with E-state index in [1.54, 1.807) is 0 Å². The molecule has 2 heteroatoms. The van der Waals surface area contributed by atoms with E-state index in [1.807, 2.05) is 0 Å². The summed E-state index contributed by atoms with van der Waals surface area (Å²) in [6, 6.07) is 8.82. The van der Waals surface area contributed by atoms with E-state index >= 15 is 0 Å². The molecular formula is C14H20BrN. The maximum Gasteiger partial charge on any atom is 0.0175 e. The summed E-state index contributed by atoms with van der Waals surface area (Å²) in [7, 11) is 2.22. The van der Waals surface area contributed by atoms with Gasteiger partial charge in [-0.1, -0.05) is 35.0 Å². The molecular weight excluding hydrogens is 262 g/mol. The van der Waals surface area contributed by atoms with Gasteiger partial charge in [0.1, 0.15) is 0 Å². The summed E-state index contributed by atoms with van der Waals surface area (Å²) in [5.41, 5.74) is 1.48. The quantitative estimate of drug-likeness (QED) is 0.795. The maximum atomic E-state index is 3.49. The molecule has 0 aliphatic carbocycles. The number of hydrogen-bond donors (Lipinski definition) is 0. The molecule has 1 atom stereocenters. The van der Waals surface area contributed by atoms with Gasteiger partial charge in [0, 0.05) is 4.47 Å². The minimum Gasteiger partial charge on any atom is -0.306 e. The molecule has 1 fully saturated rings. The molecule has 1 aliphatic heterocycles. The predicted octanol–water partition coefficient (Wildman–Crippen LogP) is 3.89. The predicted molar refractivity (Wildman–Crippen MR) is 72.8 cm³/mol. The Morgan fingerprint density at radius 2 is 1.75 bits per heavy atom. The van der Waals surface area contributed by atoms with E-state index in [0.717, 1.165) is 5.92 Å². The van der Waals surface area contributed by atoms with Gasteiger partial charge in [-0.2, -0.15) is 0 Å². The fourth-order valence-electron chi connectivity index (χ4n) is 2.57. The Labute approximate surface area is 107 Å². The molecule has 0 spiro atoms. The van der Waals surface area contributed by atoms with Gasteiger partial charge in [-0.15, -0.1) is 0 Å². The number of likely N-dealkylation sites (tertiary alicyclic amines) is 1. The highest BCUT2D eigenvalue weighted by molar-refractivity contribution is 9.10. The normalized spacial score (nSPS) is 20.9. The third-order valence-corrected chi connectivity index (χ3v) is 4.39. The number of halogens is 1. The van der Waals surface area contributed by atoms with Crippen molar-refractivity contribution in [3.63, 3.8) is 0 Å². The molecule has 0 aromatic heterocycles. The van der Waals surface area contributed by atoms with Crippen LogP contribution in [0.4, 0.5) is 0 Å². The first kappa shape index (κ1) is 12.1. The Kier molecular flexibility index (Phi) is 4.04. The first-order valence-corrected chi connectivity index (χ1v) is 6.90. The fourth-order valence-corrected chi connectivity index (χ4v) is 2.83. The molecule has 1 aromatic carbocycles. The number of piperidine rings is 1. The van der Waals surface area contributed by atoms with Crippen LogP contribution in [0.3, 0.4) is 0 Å². The third kappa shape index (κ3) is 2.86. The SMILES string of the molecule is CC(c1ccc(Br)cc1)C1CCN(C)CC1. The first-order valence-electron chi connectivity index (χ1n) is 6.11. The standard InChI is InChI=1S/C14H20BrN/c1-11(12-3-5-14(15)6-4-12)13-7-9-16(2)10-8-13/h3-6,11,13H,7-10H2,1-2H3. The van der Waals surface area contributed by atoms with E-state index in [9.17, 15) is 0 Å². The lowest BCUT2D eigenvalue weighted by Crippen LogP contribution is -2.32. The van der Waals surface area contributed by atoms with Crippen LogP contribution in [0.1, 0.15) is 31.2 Å². The largest absolute Gasteiger partial charge is 0.306 e. The van der Waals surface area contributed by atoms with Crippen LogP contribution < -0.4 is 0 Å². The van der Waals surface area contributed by atoms with Crippen molar-refractivity contribution >= 4 is 15.9 Å². The second-order valence-electron chi connectivity index (χ2n) is 4.98. The van der Waals surface area contributed by atoms with Crippen LogP contribution in [-0.4, -0.2) is 25.0 Å². The van der Waals surface area contributed by atoms with Crippen LogP contribution in [-0.2, 0) is 0 Å². The molecule has 1 nitrogen and oxygen atoms in total. The van der Waals surface area contributed by atoms with Crippen molar-refractivity contribution in [1.29, 1.82) is 0 Å². The number of benzene rings is 1. The van der Waals surface area contributed by atoms with Crippen molar-refractivity contribution in [1.82, 2.24) is 4.90 Å². The Hall–Kier alpha value is -0.340. The molecule has 0 bridgehead atoms. The van der Waals surface area contributed by atoms with Crippen LogP contribution >= 0.6 is 15.9 Å². The zero-order valence-corrected chi connectivity index (χ0v) is 11.7. The molecule has 1 aromatic rings. The van der Waals surface area contributed by atoms with E-state index in [4.69, 9.17) is 0 Å². The minimum absolute atomic E-state index is 0.696. The highest BCUT2D eigenvalue weighted by atomic mass is 79.9. The summed E-state index contributed by atoms with van der Waals surface area (Å²) in [4.78, 5) is 2.44. The monoisotopic (exact) mass is 281 g/mol. The lowest BCUT2D eigenvalue weighted by Gasteiger charge is -2.33. The first-order chi connectivity index (χ1) is 7.66. The highest BCUT2D eigenvalue weighted by Gasteiger charge is 2.23. The smallest absolute Gasteiger partial charge is 0.0175 e. The van der Waals surface area contributed by atoms with Gasteiger partial charge in [0.05, 0.1) is 0 Å². The van der Waals surface area contributed by atoms with Gasteiger partial charge in [-0.05, 0) is 62.5 Å². The van der Waals surface area contributed by atoms with E-state index in [-0.39, 0.29) is 0 Å². The summed E-state index contributed by atoms with van der Waals surface area (Å²) in [5.74, 6) is 1.55. The molecule has 0 saturated carbocycles. The maximum absolute atomic E-state index is 3.49. The van der Waals surface area contributed by atoms with Crippen LogP contribution in [0.5, 0.6) is 0 Å². The molecule has 1 aliphatic rings. The summed E-state index contributed by atoms with van der Waals surface area (Å²) in [6.45, 7) is 4.89. The average molecular weight is 282 g/mol. The average Bonchev–Trinajstić information content (AvgIpc) is 2.30. The number of hydrogen-bond acceptors (Lipinski definition) is 1. The summed E-state index contributed by atoms with van der Waals surface area (Å²) >= 11 is 3.49. The van der Waals surface area contributed by atoms with Crippen LogP contribution in [0.2, 0.25) is 0 Å². The molecule has 1 unspecified atom stereocenters. The van der Waals surface area contributed by atoms with Crippen molar-refractivity contribution in [2.75, 3.05) is 20.1 Å². The molecule has 1 saturated heterocycles. The van der Waals surface area contributed by atoms with Crippen LogP contribution in [0, 0.1) is 5.92 Å². The molecule has 1 heterocycles. The molecule has 88 valence electrons. The zero-order valence-electron chi connectivity index (χ0n) is 10.1. The van der Waals surface area contributed by atoms with E-state index in [1.165, 1.54) is 36.0 Å². The Morgan fingerprint density at radius 1 is 1.19 bits per heavy atom. The third-order valence-electron chi connectivity index (χ3n) is 3.87. The molecule has 0 N–H and O–H groups in total. The van der Waals surface area contributed by atoms with E-state index in [0.29, 0.717) is 5.92 Å². The lowest BCUT2D eigenvalue weighted by molar-refractivity contribution is 0.202. The van der Waals surface area contributed by atoms with Gasteiger partial charge < -0.3 is 4.90 Å². The van der Waals surface area contributed by atoms with Crippen molar-refractivity contribution in [3.8, 4) is 0 Å². The van der Waals surface area contributed by atoms with Crippen LogP contribution in [0.25, 0.3) is 0 Å². The van der Waals surface area contributed by atoms with Crippen molar-refractivity contribution in [3.05, 3.63) is 34.3 Å². The minimum atomic E-state index is 0.696. The zero-order chi connectivity index (χ0) is 11.5. The fraction of sp³-hybridized carbons (Fsp3) is 0.571. The van der Waals surface area contributed by atoms with Crippen molar-refractivity contribution in [2.24, 2.45) is 5.92 Å². The second kappa shape index (κ2) is 5.33. The highest BCUT2D eigenvalue weighted by Crippen LogP contribution is 2.32. The number of nitrogens with zero attached hydrogens (tertiary/aromatic N) is 1. The van der Waals surface area contributed by atoms with Gasteiger partial charge in [0.25, 0.3) is 0 Å². The summed E-state index contributed by atoms with van der Waals surface area (Å²) in [6.07, 6.45) is 2.68. The van der Waals surface area contributed by atoms with Gasteiger partial charge in [-0.3, -0.25) is 0 Å². The van der Waals surface area contributed by atoms with Gasteiger partial charge in [-0.25, -0.2) is 0 Å². The van der Waals surface area contributed by atoms with E-state index < -0.39 is 0 Å².